The van der Waals surface area contributed by atoms with Gasteiger partial charge in [-0.05, 0) is 62.9 Å². The SMILES string of the molecule is C=C(C)CCOCC(CN1c2ccccc2CC1c1ccccc1)N1CCCC1. The Morgan fingerprint density at radius 3 is 2.55 bits per heavy atom. The molecule has 154 valence electrons. The lowest BCUT2D eigenvalue weighted by Crippen LogP contribution is -2.46. The fourth-order valence-electron chi connectivity index (χ4n) is 4.72. The van der Waals surface area contributed by atoms with Crippen molar-refractivity contribution in [3.63, 3.8) is 0 Å². The zero-order valence-corrected chi connectivity index (χ0v) is 17.7. The molecule has 4 rings (SSSR count). The molecule has 2 atom stereocenters. The highest BCUT2D eigenvalue weighted by Crippen LogP contribution is 2.40. The Hall–Kier alpha value is -2.10. The maximum Gasteiger partial charge on any atom is 0.0639 e. The molecular weight excluding hydrogens is 356 g/mol. The van der Waals surface area contributed by atoms with E-state index in [2.05, 4.69) is 77.9 Å². The molecule has 3 nitrogen and oxygen atoms in total. The fraction of sp³-hybridized carbons (Fsp3) is 0.462. The lowest BCUT2D eigenvalue weighted by molar-refractivity contribution is 0.0727. The molecule has 2 unspecified atom stereocenters. The van der Waals surface area contributed by atoms with Gasteiger partial charge in [-0.1, -0.05) is 54.1 Å². The average Bonchev–Trinajstić information content (AvgIpc) is 3.39. The van der Waals surface area contributed by atoms with Crippen LogP contribution in [0.15, 0.2) is 66.7 Å². The Labute approximate surface area is 176 Å². The summed E-state index contributed by atoms with van der Waals surface area (Å²) in [7, 11) is 0. The van der Waals surface area contributed by atoms with Crippen molar-refractivity contribution in [1.29, 1.82) is 0 Å². The molecule has 2 aromatic rings. The Morgan fingerprint density at radius 2 is 1.79 bits per heavy atom. The zero-order chi connectivity index (χ0) is 20.1. The second kappa shape index (κ2) is 9.60. The first-order valence-electron chi connectivity index (χ1n) is 11.1. The van der Waals surface area contributed by atoms with E-state index in [4.69, 9.17) is 4.74 Å². The lowest BCUT2D eigenvalue weighted by Gasteiger charge is -2.36. The van der Waals surface area contributed by atoms with Gasteiger partial charge in [0.15, 0.2) is 0 Å². The Bertz CT molecular complexity index is 797. The first-order chi connectivity index (χ1) is 14.2. The third-order valence-corrected chi connectivity index (χ3v) is 6.32. The molecule has 0 saturated carbocycles. The van der Waals surface area contributed by atoms with E-state index in [-0.39, 0.29) is 0 Å². The maximum absolute atomic E-state index is 6.13. The van der Waals surface area contributed by atoms with Crippen molar-refractivity contribution in [2.24, 2.45) is 0 Å². The van der Waals surface area contributed by atoms with Gasteiger partial charge in [-0.2, -0.15) is 0 Å². The highest BCUT2D eigenvalue weighted by molar-refractivity contribution is 5.61. The van der Waals surface area contributed by atoms with Gasteiger partial charge < -0.3 is 9.64 Å². The van der Waals surface area contributed by atoms with Crippen LogP contribution in [-0.4, -0.2) is 43.8 Å². The van der Waals surface area contributed by atoms with Crippen molar-refractivity contribution < 1.29 is 4.74 Å². The maximum atomic E-state index is 6.13. The van der Waals surface area contributed by atoms with E-state index in [9.17, 15) is 0 Å². The summed E-state index contributed by atoms with van der Waals surface area (Å²) in [6.45, 7) is 11.1. The Kier molecular flexibility index (Phi) is 6.68. The lowest BCUT2D eigenvalue weighted by atomic mass is 10.0. The quantitative estimate of drug-likeness (QED) is 0.430. The second-order valence-corrected chi connectivity index (χ2v) is 8.59. The van der Waals surface area contributed by atoms with Gasteiger partial charge in [-0.3, -0.25) is 4.90 Å². The minimum absolute atomic E-state index is 0.411. The molecule has 2 aliphatic rings. The van der Waals surface area contributed by atoms with Crippen LogP contribution < -0.4 is 4.90 Å². The zero-order valence-electron chi connectivity index (χ0n) is 17.7. The standard InChI is InChI=1S/C26H34N2O/c1-21(2)14-17-29-20-24(27-15-8-9-16-27)19-28-25-13-7-6-12-23(25)18-26(28)22-10-4-3-5-11-22/h3-7,10-13,24,26H,1,8-9,14-20H2,2H3. The van der Waals surface area contributed by atoms with Gasteiger partial charge in [-0.15, -0.1) is 6.58 Å². The number of rotatable bonds is 9. The molecule has 1 fully saturated rings. The van der Waals surface area contributed by atoms with E-state index >= 15 is 0 Å². The molecule has 29 heavy (non-hydrogen) atoms. The molecule has 2 heterocycles. The van der Waals surface area contributed by atoms with Gasteiger partial charge in [0.25, 0.3) is 0 Å². The monoisotopic (exact) mass is 390 g/mol. The van der Waals surface area contributed by atoms with Crippen molar-refractivity contribution in [1.82, 2.24) is 4.90 Å². The summed E-state index contributed by atoms with van der Waals surface area (Å²) < 4.78 is 6.13. The number of hydrogen-bond acceptors (Lipinski definition) is 3. The minimum Gasteiger partial charge on any atom is -0.379 e. The Morgan fingerprint density at radius 1 is 1.07 bits per heavy atom. The van der Waals surface area contributed by atoms with Crippen LogP contribution in [0.3, 0.4) is 0 Å². The molecular formula is C26H34N2O. The molecule has 0 spiro atoms. The number of likely N-dealkylation sites (tertiary alicyclic amines) is 1. The number of para-hydroxylation sites is 1. The van der Waals surface area contributed by atoms with Crippen molar-refractivity contribution in [3.05, 3.63) is 77.9 Å². The van der Waals surface area contributed by atoms with Crippen LogP contribution in [0.4, 0.5) is 5.69 Å². The van der Waals surface area contributed by atoms with Crippen molar-refractivity contribution in [2.75, 3.05) is 37.7 Å². The molecule has 0 bridgehead atoms. The van der Waals surface area contributed by atoms with Gasteiger partial charge in [0.1, 0.15) is 0 Å². The molecule has 2 aliphatic heterocycles. The second-order valence-electron chi connectivity index (χ2n) is 8.59. The molecule has 0 aliphatic carbocycles. The molecule has 2 aromatic carbocycles. The minimum atomic E-state index is 0.411. The number of hydrogen-bond donors (Lipinski definition) is 0. The third-order valence-electron chi connectivity index (χ3n) is 6.32. The number of nitrogens with zero attached hydrogens (tertiary/aromatic N) is 2. The smallest absolute Gasteiger partial charge is 0.0639 e. The molecule has 3 heteroatoms. The highest BCUT2D eigenvalue weighted by Gasteiger charge is 2.33. The normalized spacial score (nSPS) is 20.0. The predicted molar refractivity (Wildman–Crippen MR) is 122 cm³/mol. The summed E-state index contributed by atoms with van der Waals surface area (Å²) in [4.78, 5) is 5.28. The summed E-state index contributed by atoms with van der Waals surface area (Å²) in [5.74, 6) is 0. The number of anilines is 1. The van der Waals surface area contributed by atoms with Gasteiger partial charge in [0.05, 0.1) is 25.3 Å². The molecule has 0 aromatic heterocycles. The van der Waals surface area contributed by atoms with Crippen LogP contribution >= 0.6 is 0 Å². The van der Waals surface area contributed by atoms with E-state index in [1.54, 1.807) is 0 Å². The summed E-state index contributed by atoms with van der Waals surface area (Å²) in [5, 5.41) is 0. The van der Waals surface area contributed by atoms with E-state index in [1.165, 1.54) is 48.3 Å². The fourth-order valence-corrected chi connectivity index (χ4v) is 4.72. The van der Waals surface area contributed by atoms with Crippen molar-refractivity contribution in [3.8, 4) is 0 Å². The van der Waals surface area contributed by atoms with Crippen LogP contribution in [0.1, 0.15) is 43.4 Å². The van der Waals surface area contributed by atoms with E-state index in [0.29, 0.717) is 12.1 Å². The predicted octanol–water partition coefficient (Wildman–Crippen LogP) is 5.24. The van der Waals surface area contributed by atoms with Crippen LogP contribution in [0.2, 0.25) is 0 Å². The van der Waals surface area contributed by atoms with Gasteiger partial charge in [0, 0.05) is 12.2 Å². The molecule has 0 N–H and O–H groups in total. The Balaban J connectivity index is 1.53. The molecule has 0 amide bonds. The summed E-state index contributed by atoms with van der Waals surface area (Å²) >= 11 is 0. The van der Waals surface area contributed by atoms with E-state index < -0.39 is 0 Å². The first-order valence-corrected chi connectivity index (χ1v) is 11.1. The topological polar surface area (TPSA) is 15.7 Å². The van der Waals surface area contributed by atoms with Crippen molar-refractivity contribution >= 4 is 5.69 Å². The molecule has 0 radical (unpaired) electrons. The number of benzene rings is 2. The number of ether oxygens (including phenoxy) is 1. The van der Waals surface area contributed by atoms with Gasteiger partial charge in [-0.25, -0.2) is 0 Å². The van der Waals surface area contributed by atoms with E-state index in [0.717, 1.165) is 32.6 Å². The average molecular weight is 391 g/mol. The van der Waals surface area contributed by atoms with Gasteiger partial charge in [0.2, 0.25) is 0 Å². The summed E-state index contributed by atoms with van der Waals surface area (Å²) in [5.41, 5.74) is 5.46. The van der Waals surface area contributed by atoms with E-state index in [1.807, 2.05) is 0 Å². The highest BCUT2D eigenvalue weighted by atomic mass is 16.5. The van der Waals surface area contributed by atoms with Crippen LogP contribution in [0.5, 0.6) is 0 Å². The summed E-state index contributed by atoms with van der Waals surface area (Å²) in [6, 6.07) is 20.8. The van der Waals surface area contributed by atoms with Gasteiger partial charge >= 0.3 is 0 Å². The van der Waals surface area contributed by atoms with Crippen LogP contribution in [0.25, 0.3) is 0 Å². The third kappa shape index (κ3) is 4.91. The first kappa shape index (κ1) is 20.2. The van der Waals surface area contributed by atoms with Crippen LogP contribution in [0, 0.1) is 0 Å². The van der Waals surface area contributed by atoms with Crippen molar-refractivity contribution in [2.45, 2.75) is 44.7 Å². The number of fused-ring (bicyclic) bond motifs is 1. The van der Waals surface area contributed by atoms with Crippen LogP contribution in [-0.2, 0) is 11.2 Å². The molecule has 1 saturated heterocycles. The summed E-state index contributed by atoms with van der Waals surface area (Å²) in [6.07, 6.45) is 4.65. The largest absolute Gasteiger partial charge is 0.379 e.